The lowest BCUT2D eigenvalue weighted by molar-refractivity contribution is -0.117. The predicted octanol–water partition coefficient (Wildman–Crippen LogP) is 3.46. The van der Waals surface area contributed by atoms with Crippen LogP contribution in [0.5, 0.6) is 5.75 Å². The van der Waals surface area contributed by atoms with E-state index in [0.29, 0.717) is 11.4 Å². The number of hydrogen-bond donors (Lipinski definition) is 1. The highest BCUT2D eigenvalue weighted by molar-refractivity contribution is 5.85. The Morgan fingerprint density at radius 3 is 2.42 bits per heavy atom. The van der Waals surface area contributed by atoms with Crippen LogP contribution in [0.25, 0.3) is 10.9 Å². The van der Waals surface area contributed by atoms with Gasteiger partial charge in [-0.1, -0.05) is 0 Å². The molecule has 0 saturated heterocycles. The number of likely N-dealkylation sites (N-methyl/N-ethyl adjacent to an activating group) is 1. The van der Waals surface area contributed by atoms with Gasteiger partial charge in [-0.3, -0.25) is 4.90 Å². The van der Waals surface area contributed by atoms with Crippen molar-refractivity contribution in [1.82, 2.24) is 9.88 Å². The SMILES string of the molecule is COc1ccc2cc(C(C)(C=O)N(C)C(=O)OC(C)(C)C)[nH]c2c1. The van der Waals surface area contributed by atoms with Gasteiger partial charge in [0.2, 0.25) is 0 Å². The topological polar surface area (TPSA) is 71.6 Å². The Kier molecular flexibility index (Phi) is 4.60. The van der Waals surface area contributed by atoms with Gasteiger partial charge in [0, 0.05) is 29.7 Å². The molecule has 0 spiro atoms. The van der Waals surface area contributed by atoms with E-state index in [1.165, 1.54) is 4.90 Å². The Hall–Kier alpha value is -2.50. The number of aromatic amines is 1. The van der Waals surface area contributed by atoms with Gasteiger partial charge in [0.1, 0.15) is 16.9 Å². The van der Waals surface area contributed by atoms with Gasteiger partial charge in [-0.2, -0.15) is 0 Å². The fourth-order valence-corrected chi connectivity index (χ4v) is 2.35. The number of methoxy groups -OCH3 is 1. The van der Waals surface area contributed by atoms with E-state index in [0.717, 1.165) is 17.2 Å². The van der Waals surface area contributed by atoms with E-state index in [1.807, 2.05) is 24.3 Å². The molecule has 130 valence electrons. The summed E-state index contributed by atoms with van der Waals surface area (Å²) in [6.45, 7) is 7.02. The van der Waals surface area contributed by atoms with Crippen LogP contribution in [0.4, 0.5) is 4.79 Å². The number of benzene rings is 1. The average molecular weight is 332 g/mol. The molecule has 1 amide bonds. The molecule has 1 aromatic heterocycles. The van der Waals surface area contributed by atoms with Crippen molar-refractivity contribution in [2.24, 2.45) is 0 Å². The van der Waals surface area contributed by atoms with Crippen molar-refractivity contribution in [2.45, 2.75) is 38.8 Å². The Labute approximate surface area is 141 Å². The van der Waals surface area contributed by atoms with E-state index < -0.39 is 17.2 Å². The number of hydrogen-bond acceptors (Lipinski definition) is 4. The molecule has 1 heterocycles. The summed E-state index contributed by atoms with van der Waals surface area (Å²) >= 11 is 0. The highest BCUT2D eigenvalue weighted by Crippen LogP contribution is 2.30. The molecule has 0 bridgehead atoms. The number of amides is 1. The lowest BCUT2D eigenvalue weighted by Gasteiger charge is -2.34. The summed E-state index contributed by atoms with van der Waals surface area (Å²) in [5.41, 5.74) is -0.374. The Morgan fingerprint density at radius 1 is 1.21 bits per heavy atom. The summed E-state index contributed by atoms with van der Waals surface area (Å²) in [7, 11) is 3.14. The van der Waals surface area contributed by atoms with Crippen molar-refractivity contribution < 1.29 is 19.1 Å². The minimum atomic E-state index is -1.17. The molecule has 0 aliphatic carbocycles. The van der Waals surface area contributed by atoms with Crippen LogP contribution in [0.2, 0.25) is 0 Å². The second-order valence-electron chi connectivity index (χ2n) is 6.94. The maximum absolute atomic E-state index is 12.4. The number of aromatic nitrogens is 1. The van der Waals surface area contributed by atoms with Crippen molar-refractivity contribution in [2.75, 3.05) is 14.2 Å². The van der Waals surface area contributed by atoms with E-state index in [2.05, 4.69) is 4.98 Å². The summed E-state index contributed by atoms with van der Waals surface area (Å²) in [5, 5.41) is 0.927. The molecule has 6 heteroatoms. The summed E-state index contributed by atoms with van der Waals surface area (Å²) in [6.07, 6.45) is 0.173. The summed E-state index contributed by atoms with van der Waals surface area (Å²) in [4.78, 5) is 28.7. The standard InChI is InChI=1S/C18H24N2O4/c1-17(2,3)24-16(22)20(5)18(4,11-21)15-9-12-7-8-13(23-6)10-14(12)19-15/h7-11,19H,1-6H3. The van der Waals surface area contributed by atoms with E-state index in [-0.39, 0.29) is 0 Å². The number of aldehydes is 1. The largest absolute Gasteiger partial charge is 0.497 e. The van der Waals surface area contributed by atoms with E-state index >= 15 is 0 Å². The summed E-state index contributed by atoms with van der Waals surface area (Å²) in [5.74, 6) is 0.712. The molecule has 0 saturated carbocycles. The van der Waals surface area contributed by atoms with Crippen LogP contribution in [0.1, 0.15) is 33.4 Å². The second kappa shape index (κ2) is 6.19. The van der Waals surface area contributed by atoms with Gasteiger partial charge in [0.25, 0.3) is 0 Å². The molecule has 0 aliphatic rings. The number of nitrogens with one attached hydrogen (secondary N) is 1. The highest BCUT2D eigenvalue weighted by Gasteiger charge is 2.38. The number of H-pyrrole nitrogens is 1. The minimum Gasteiger partial charge on any atom is -0.497 e. The second-order valence-corrected chi connectivity index (χ2v) is 6.94. The molecule has 24 heavy (non-hydrogen) atoms. The number of carbonyl (C=O) groups excluding carboxylic acids is 2. The number of rotatable bonds is 4. The first kappa shape index (κ1) is 17.8. The van der Waals surface area contributed by atoms with Crippen LogP contribution in [-0.4, -0.2) is 42.0 Å². The number of ether oxygens (including phenoxy) is 2. The Bertz CT molecular complexity index is 760. The molecule has 1 N–H and O–H groups in total. The fourth-order valence-electron chi connectivity index (χ4n) is 2.35. The highest BCUT2D eigenvalue weighted by atomic mass is 16.6. The maximum atomic E-state index is 12.4. The number of fused-ring (bicyclic) bond motifs is 1. The first-order chi connectivity index (χ1) is 11.1. The van der Waals surface area contributed by atoms with Crippen LogP contribution in [0, 0.1) is 0 Å². The zero-order valence-corrected chi connectivity index (χ0v) is 15.0. The van der Waals surface area contributed by atoms with Crippen LogP contribution >= 0.6 is 0 Å². The van der Waals surface area contributed by atoms with Crippen molar-refractivity contribution in [3.05, 3.63) is 30.0 Å². The lowest BCUT2D eigenvalue weighted by atomic mass is 9.98. The van der Waals surface area contributed by atoms with Crippen LogP contribution in [0.3, 0.4) is 0 Å². The van der Waals surface area contributed by atoms with Gasteiger partial charge in [0.05, 0.1) is 7.11 Å². The molecule has 1 atom stereocenters. The van der Waals surface area contributed by atoms with E-state index in [4.69, 9.17) is 9.47 Å². The molecule has 0 radical (unpaired) electrons. The zero-order valence-electron chi connectivity index (χ0n) is 15.0. The van der Waals surface area contributed by atoms with Gasteiger partial charge >= 0.3 is 6.09 Å². The predicted molar refractivity (Wildman–Crippen MR) is 92.3 cm³/mol. The zero-order chi connectivity index (χ0) is 18.1. The van der Waals surface area contributed by atoms with Crippen LogP contribution in [0.15, 0.2) is 24.3 Å². The third-order valence-electron chi connectivity index (χ3n) is 3.97. The normalized spacial score (nSPS) is 14.1. The number of nitrogens with zero attached hydrogens (tertiary/aromatic N) is 1. The van der Waals surface area contributed by atoms with Gasteiger partial charge in [-0.15, -0.1) is 0 Å². The van der Waals surface area contributed by atoms with Gasteiger partial charge in [-0.25, -0.2) is 4.79 Å². The third-order valence-corrected chi connectivity index (χ3v) is 3.97. The van der Waals surface area contributed by atoms with Crippen molar-refractivity contribution in [3.63, 3.8) is 0 Å². The molecule has 6 nitrogen and oxygen atoms in total. The van der Waals surface area contributed by atoms with E-state index in [9.17, 15) is 9.59 Å². The molecular formula is C18H24N2O4. The quantitative estimate of drug-likeness (QED) is 0.870. The smallest absolute Gasteiger partial charge is 0.411 e. The van der Waals surface area contributed by atoms with Crippen molar-refractivity contribution >= 4 is 23.3 Å². The molecule has 2 rings (SSSR count). The molecule has 0 fully saturated rings. The van der Waals surface area contributed by atoms with Crippen LogP contribution < -0.4 is 4.74 Å². The first-order valence-electron chi connectivity index (χ1n) is 7.71. The Balaban J connectivity index is 2.41. The third kappa shape index (κ3) is 3.37. The van der Waals surface area contributed by atoms with E-state index in [1.54, 1.807) is 41.9 Å². The molecule has 1 unspecified atom stereocenters. The number of carbonyl (C=O) groups is 2. The maximum Gasteiger partial charge on any atom is 0.411 e. The van der Waals surface area contributed by atoms with Crippen molar-refractivity contribution in [1.29, 1.82) is 0 Å². The summed E-state index contributed by atoms with van der Waals surface area (Å²) < 4.78 is 10.6. The summed E-state index contributed by atoms with van der Waals surface area (Å²) in [6, 6.07) is 7.43. The molecule has 0 aliphatic heterocycles. The van der Waals surface area contributed by atoms with Crippen molar-refractivity contribution in [3.8, 4) is 5.75 Å². The molecular weight excluding hydrogens is 308 g/mol. The fraction of sp³-hybridized carbons (Fsp3) is 0.444. The van der Waals surface area contributed by atoms with Gasteiger partial charge in [0.15, 0.2) is 6.29 Å². The Morgan fingerprint density at radius 2 is 1.88 bits per heavy atom. The average Bonchev–Trinajstić information content (AvgIpc) is 2.95. The molecule has 1 aromatic carbocycles. The van der Waals surface area contributed by atoms with Crippen LogP contribution in [-0.2, 0) is 15.1 Å². The molecule has 2 aromatic rings. The van der Waals surface area contributed by atoms with Gasteiger partial charge in [-0.05, 0) is 45.9 Å². The first-order valence-corrected chi connectivity index (χ1v) is 7.71. The lowest BCUT2D eigenvalue weighted by Crippen LogP contribution is -2.48. The van der Waals surface area contributed by atoms with Gasteiger partial charge < -0.3 is 19.3 Å². The monoisotopic (exact) mass is 332 g/mol. The minimum absolute atomic E-state index is 0.562.